The van der Waals surface area contributed by atoms with Crippen molar-refractivity contribution in [2.75, 3.05) is 5.32 Å². The Morgan fingerprint density at radius 1 is 1.14 bits per heavy atom. The lowest BCUT2D eigenvalue weighted by atomic mass is 10.1. The molecule has 1 amide bonds. The van der Waals surface area contributed by atoms with E-state index in [-0.39, 0.29) is 11.6 Å². The van der Waals surface area contributed by atoms with Crippen molar-refractivity contribution < 1.29 is 14.3 Å². The minimum Gasteiger partial charge on any atom is -0.505 e. The average molecular weight is 282 g/mol. The maximum atomic E-state index is 13.3. The average Bonchev–Trinajstić information content (AvgIpc) is 2.50. The van der Waals surface area contributed by atoms with Gasteiger partial charge in [-0.05, 0) is 24.3 Å². The van der Waals surface area contributed by atoms with Gasteiger partial charge in [0.25, 0.3) is 5.91 Å². The molecule has 1 heterocycles. The molecule has 0 spiro atoms. The Balaban J connectivity index is 1.95. The molecule has 0 aliphatic heterocycles. The second kappa shape index (κ2) is 5.20. The highest BCUT2D eigenvalue weighted by atomic mass is 19.1. The van der Waals surface area contributed by atoms with Gasteiger partial charge in [-0.25, -0.2) is 4.39 Å². The van der Waals surface area contributed by atoms with E-state index in [4.69, 9.17) is 5.11 Å². The highest BCUT2D eigenvalue weighted by Gasteiger charge is 2.12. The zero-order chi connectivity index (χ0) is 14.8. The second-order valence-electron chi connectivity index (χ2n) is 4.50. The number of nitrogens with one attached hydrogen (secondary N) is 1. The number of aromatic nitrogens is 1. The van der Waals surface area contributed by atoms with E-state index in [2.05, 4.69) is 10.3 Å². The van der Waals surface area contributed by atoms with Gasteiger partial charge in [0.15, 0.2) is 11.6 Å². The van der Waals surface area contributed by atoms with Crippen LogP contribution in [0.15, 0.2) is 54.7 Å². The molecule has 0 saturated carbocycles. The normalized spacial score (nSPS) is 10.5. The van der Waals surface area contributed by atoms with E-state index in [1.165, 1.54) is 12.1 Å². The molecule has 0 bridgehead atoms. The van der Waals surface area contributed by atoms with E-state index in [9.17, 15) is 9.18 Å². The molecule has 0 atom stereocenters. The first-order valence-corrected chi connectivity index (χ1v) is 6.29. The van der Waals surface area contributed by atoms with Crippen LogP contribution in [-0.4, -0.2) is 16.0 Å². The van der Waals surface area contributed by atoms with Crippen molar-refractivity contribution in [2.45, 2.75) is 0 Å². The van der Waals surface area contributed by atoms with Crippen LogP contribution in [0, 0.1) is 5.82 Å². The lowest BCUT2D eigenvalue weighted by molar-refractivity contribution is 0.102. The van der Waals surface area contributed by atoms with Crippen molar-refractivity contribution in [3.63, 3.8) is 0 Å². The third-order valence-electron chi connectivity index (χ3n) is 3.08. The lowest BCUT2D eigenvalue weighted by Gasteiger charge is -2.08. The molecular weight excluding hydrogens is 271 g/mol. The van der Waals surface area contributed by atoms with Gasteiger partial charge in [-0.1, -0.05) is 18.2 Å². The van der Waals surface area contributed by atoms with Crippen LogP contribution in [0.25, 0.3) is 10.9 Å². The molecule has 0 radical (unpaired) electrons. The van der Waals surface area contributed by atoms with Crippen LogP contribution in [-0.2, 0) is 0 Å². The third-order valence-corrected chi connectivity index (χ3v) is 3.08. The summed E-state index contributed by atoms with van der Waals surface area (Å²) in [5.74, 6) is -1.63. The number of carbonyl (C=O) groups is 1. The number of hydrogen-bond donors (Lipinski definition) is 2. The number of pyridine rings is 1. The van der Waals surface area contributed by atoms with Crippen molar-refractivity contribution in [1.82, 2.24) is 4.98 Å². The number of phenolic OH excluding ortho intramolecular Hbond substituents is 1. The quantitative estimate of drug-likeness (QED) is 0.709. The lowest BCUT2D eigenvalue weighted by Crippen LogP contribution is -2.12. The highest BCUT2D eigenvalue weighted by molar-refractivity contribution is 6.11. The van der Waals surface area contributed by atoms with Gasteiger partial charge in [0.2, 0.25) is 0 Å². The van der Waals surface area contributed by atoms with Crippen LogP contribution in [0.2, 0.25) is 0 Å². The van der Waals surface area contributed by atoms with Crippen molar-refractivity contribution in [3.8, 4) is 5.75 Å². The Morgan fingerprint density at radius 3 is 2.76 bits per heavy atom. The first kappa shape index (κ1) is 13.1. The molecule has 0 aliphatic rings. The summed E-state index contributed by atoms with van der Waals surface area (Å²) in [4.78, 5) is 16.5. The van der Waals surface area contributed by atoms with Crippen LogP contribution < -0.4 is 5.32 Å². The summed E-state index contributed by atoms with van der Waals surface area (Å²) in [5, 5.41) is 12.6. The van der Waals surface area contributed by atoms with Crippen molar-refractivity contribution in [2.24, 2.45) is 0 Å². The number of nitrogens with zero attached hydrogens (tertiary/aromatic N) is 1. The maximum Gasteiger partial charge on any atom is 0.257 e. The zero-order valence-corrected chi connectivity index (χ0v) is 10.9. The van der Waals surface area contributed by atoms with E-state index in [1.54, 1.807) is 24.4 Å². The maximum absolute atomic E-state index is 13.3. The second-order valence-corrected chi connectivity index (χ2v) is 4.50. The van der Waals surface area contributed by atoms with Crippen LogP contribution in [0.1, 0.15) is 10.4 Å². The SMILES string of the molecule is O=C(Nc1ccc(O)c(F)c1)c1cccc2cccnc12. The van der Waals surface area contributed by atoms with Gasteiger partial charge >= 0.3 is 0 Å². The number of para-hydroxylation sites is 1. The summed E-state index contributed by atoms with van der Waals surface area (Å²) < 4.78 is 13.3. The molecule has 104 valence electrons. The van der Waals surface area contributed by atoms with E-state index in [0.29, 0.717) is 11.1 Å². The number of aromatic hydroxyl groups is 1. The van der Waals surface area contributed by atoms with Crippen LogP contribution >= 0.6 is 0 Å². The molecule has 0 unspecified atom stereocenters. The summed E-state index contributed by atoms with van der Waals surface area (Å²) in [5.41, 5.74) is 1.25. The zero-order valence-electron chi connectivity index (χ0n) is 10.9. The number of hydrogen-bond acceptors (Lipinski definition) is 3. The fourth-order valence-electron chi connectivity index (χ4n) is 2.07. The van der Waals surface area contributed by atoms with E-state index < -0.39 is 11.6 Å². The number of halogens is 1. The van der Waals surface area contributed by atoms with Gasteiger partial charge in [0.1, 0.15) is 0 Å². The number of phenols is 1. The number of amides is 1. The summed E-state index contributed by atoms with van der Waals surface area (Å²) in [6, 6.07) is 12.6. The summed E-state index contributed by atoms with van der Waals surface area (Å²) in [6.45, 7) is 0. The van der Waals surface area contributed by atoms with Gasteiger partial charge in [0, 0.05) is 23.3 Å². The molecule has 5 heteroatoms. The van der Waals surface area contributed by atoms with Gasteiger partial charge in [-0.3, -0.25) is 9.78 Å². The predicted molar refractivity (Wildman–Crippen MR) is 77.8 cm³/mol. The standard InChI is InChI=1S/C16H11FN2O2/c17-13-9-11(6-7-14(13)20)19-16(21)12-5-1-3-10-4-2-8-18-15(10)12/h1-9,20H,(H,19,21). The summed E-state index contributed by atoms with van der Waals surface area (Å²) in [7, 11) is 0. The molecule has 0 saturated heterocycles. The van der Waals surface area contributed by atoms with Crippen LogP contribution in [0.3, 0.4) is 0 Å². The Labute approximate surface area is 119 Å². The number of anilines is 1. The molecule has 4 nitrogen and oxygen atoms in total. The number of carbonyl (C=O) groups excluding carboxylic acids is 1. The van der Waals surface area contributed by atoms with Gasteiger partial charge < -0.3 is 10.4 Å². The third kappa shape index (κ3) is 2.53. The molecule has 0 aliphatic carbocycles. The smallest absolute Gasteiger partial charge is 0.257 e. The van der Waals surface area contributed by atoms with Crippen molar-refractivity contribution in [3.05, 3.63) is 66.1 Å². The monoisotopic (exact) mass is 282 g/mol. The molecule has 2 N–H and O–H groups in total. The molecule has 21 heavy (non-hydrogen) atoms. The molecule has 0 fully saturated rings. The Morgan fingerprint density at radius 2 is 1.95 bits per heavy atom. The molecule has 1 aromatic heterocycles. The fraction of sp³-hybridized carbons (Fsp3) is 0. The minimum atomic E-state index is -0.788. The number of rotatable bonds is 2. The Bertz CT molecular complexity index is 828. The van der Waals surface area contributed by atoms with Gasteiger partial charge in [-0.15, -0.1) is 0 Å². The predicted octanol–water partition coefficient (Wildman–Crippen LogP) is 3.33. The summed E-state index contributed by atoms with van der Waals surface area (Å²) >= 11 is 0. The first-order valence-electron chi connectivity index (χ1n) is 6.29. The highest BCUT2D eigenvalue weighted by Crippen LogP contribution is 2.21. The topological polar surface area (TPSA) is 62.2 Å². The van der Waals surface area contributed by atoms with E-state index in [0.717, 1.165) is 11.5 Å². The van der Waals surface area contributed by atoms with Crippen LogP contribution in [0.5, 0.6) is 5.75 Å². The van der Waals surface area contributed by atoms with Crippen molar-refractivity contribution >= 4 is 22.5 Å². The molecule has 3 aromatic rings. The van der Waals surface area contributed by atoms with Gasteiger partial charge in [-0.2, -0.15) is 0 Å². The van der Waals surface area contributed by atoms with Crippen LogP contribution in [0.4, 0.5) is 10.1 Å². The van der Waals surface area contributed by atoms with Gasteiger partial charge in [0.05, 0.1) is 11.1 Å². The summed E-state index contributed by atoms with van der Waals surface area (Å²) in [6.07, 6.45) is 1.61. The largest absolute Gasteiger partial charge is 0.505 e. The number of fused-ring (bicyclic) bond motifs is 1. The molecular formula is C16H11FN2O2. The fourth-order valence-corrected chi connectivity index (χ4v) is 2.07. The molecule has 2 aromatic carbocycles. The minimum absolute atomic E-state index is 0.267. The van der Waals surface area contributed by atoms with Crippen molar-refractivity contribution in [1.29, 1.82) is 0 Å². The van der Waals surface area contributed by atoms with E-state index in [1.807, 2.05) is 12.1 Å². The van der Waals surface area contributed by atoms with E-state index >= 15 is 0 Å². The molecule has 3 rings (SSSR count). The first-order chi connectivity index (χ1) is 10.1. The Kier molecular flexibility index (Phi) is 3.23. The number of benzene rings is 2. The Hall–Kier alpha value is -2.95.